The first-order valence-corrected chi connectivity index (χ1v) is 7.58. The van der Waals surface area contributed by atoms with Crippen LogP contribution in [-0.2, 0) is 0 Å². The summed E-state index contributed by atoms with van der Waals surface area (Å²) in [5.41, 5.74) is 1.64. The second-order valence-electron chi connectivity index (χ2n) is 5.91. The molecule has 0 bridgehead atoms. The van der Waals surface area contributed by atoms with Gasteiger partial charge in [0.05, 0.1) is 0 Å². The zero-order valence-electron chi connectivity index (χ0n) is 12.7. The zero-order valence-corrected chi connectivity index (χ0v) is 12.7. The summed E-state index contributed by atoms with van der Waals surface area (Å²) in [6, 6.07) is 3.70. The van der Waals surface area contributed by atoms with Gasteiger partial charge in [-0.05, 0) is 36.8 Å². The van der Waals surface area contributed by atoms with Crippen LogP contribution in [0.5, 0.6) is 0 Å². The van der Waals surface area contributed by atoms with Gasteiger partial charge in [0.2, 0.25) is 0 Å². The van der Waals surface area contributed by atoms with Crippen molar-refractivity contribution < 1.29 is 4.79 Å². The molecule has 0 radical (unpaired) electrons. The monoisotopic (exact) mass is 275 g/mol. The third kappa shape index (κ3) is 4.22. The van der Waals surface area contributed by atoms with Crippen LogP contribution < -0.4 is 10.6 Å². The lowest BCUT2D eigenvalue weighted by molar-refractivity contribution is 0.0952. The first kappa shape index (κ1) is 14.8. The van der Waals surface area contributed by atoms with Gasteiger partial charge in [0, 0.05) is 24.8 Å². The lowest BCUT2D eigenvalue weighted by Crippen LogP contribution is -2.25. The summed E-state index contributed by atoms with van der Waals surface area (Å²) in [6.07, 6.45) is 5.08. The molecule has 1 aliphatic carbocycles. The molecule has 0 unspecified atom stereocenters. The summed E-state index contributed by atoms with van der Waals surface area (Å²) in [4.78, 5) is 16.7. The Balaban J connectivity index is 1.94. The first-order valence-electron chi connectivity index (χ1n) is 7.58. The molecule has 0 aliphatic heterocycles. The minimum absolute atomic E-state index is 0.00148. The average molecular weight is 275 g/mol. The second-order valence-corrected chi connectivity index (χ2v) is 5.91. The molecule has 0 saturated heterocycles. The highest BCUT2D eigenvalue weighted by Gasteiger charge is 2.20. The number of nitrogens with zero attached hydrogens (tertiary/aromatic N) is 1. The number of anilines is 1. The molecule has 4 heteroatoms. The molecule has 20 heavy (non-hydrogen) atoms. The fraction of sp³-hybridized carbons (Fsp3) is 0.625. The SMILES string of the molecule is CNc1cc(C(=O)NCCCC2CC2)cc(C(C)C)n1. The minimum atomic E-state index is 0.00148. The lowest BCUT2D eigenvalue weighted by atomic mass is 10.1. The number of hydrogen-bond donors (Lipinski definition) is 2. The molecule has 1 amide bonds. The van der Waals surface area contributed by atoms with Crippen molar-refractivity contribution in [3.8, 4) is 0 Å². The van der Waals surface area contributed by atoms with E-state index < -0.39 is 0 Å². The van der Waals surface area contributed by atoms with E-state index in [0.29, 0.717) is 11.5 Å². The van der Waals surface area contributed by atoms with E-state index in [1.54, 1.807) is 0 Å². The number of hydrogen-bond acceptors (Lipinski definition) is 3. The maximum Gasteiger partial charge on any atom is 0.251 e. The Morgan fingerprint density at radius 2 is 2.15 bits per heavy atom. The fourth-order valence-corrected chi connectivity index (χ4v) is 2.21. The van der Waals surface area contributed by atoms with Gasteiger partial charge < -0.3 is 10.6 Å². The highest BCUT2D eigenvalue weighted by molar-refractivity contribution is 5.95. The number of rotatable bonds is 7. The molecular formula is C16H25N3O. The smallest absolute Gasteiger partial charge is 0.251 e. The molecular weight excluding hydrogens is 250 g/mol. The molecule has 4 nitrogen and oxygen atoms in total. The summed E-state index contributed by atoms with van der Waals surface area (Å²) >= 11 is 0. The van der Waals surface area contributed by atoms with Crippen molar-refractivity contribution in [2.24, 2.45) is 5.92 Å². The summed E-state index contributed by atoms with van der Waals surface area (Å²) in [5.74, 6) is 1.99. The Kier molecular flexibility index (Phi) is 4.99. The molecule has 1 saturated carbocycles. The van der Waals surface area contributed by atoms with Gasteiger partial charge >= 0.3 is 0 Å². The predicted molar refractivity (Wildman–Crippen MR) is 82.2 cm³/mol. The van der Waals surface area contributed by atoms with Gasteiger partial charge in [-0.25, -0.2) is 4.98 Å². The predicted octanol–water partition coefficient (Wildman–Crippen LogP) is 3.17. The molecule has 0 aromatic carbocycles. The average Bonchev–Trinajstić information content (AvgIpc) is 3.26. The van der Waals surface area contributed by atoms with Gasteiger partial charge in [-0.2, -0.15) is 0 Å². The molecule has 110 valence electrons. The Morgan fingerprint density at radius 3 is 2.75 bits per heavy atom. The van der Waals surface area contributed by atoms with Crippen LogP contribution in [0.3, 0.4) is 0 Å². The molecule has 1 aromatic heterocycles. The fourth-order valence-electron chi connectivity index (χ4n) is 2.21. The van der Waals surface area contributed by atoms with Crippen molar-refractivity contribution >= 4 is 11.7 Å². The molecule has 1 aliphatic rings. The van der Waals surface area contributed by atoms with Gasteiger partial charge in [-0.15, -0.1) is 0 Å². The third-order valence-corrected chi connectivity index (χ3v) is 3.73. The van der Waals surface area contributed by atoms with Gasteiger partial charge in [0.15, 0.2) is 0 Å². The maximum absolute atomic E-state index is 12.2. The van der Waals surface area contributed by atoms with E-state index in [-0.39, 0.29) is 5.91 Å². The van der Waals surface area contributed by atoms with E-state index in [0.717, 1.165) is 30.4 Å². The number of carbonyl (C=O) groups is 1. The number of nitrogens with one attached hydrogen (secondary N) is 2. The van der Waals surface area contributed by atoms with Crippen molar-refractivity contribution in [1.29, 1.82) is 0 Å². The Morgan fingerprint density at radius 1 is 1.40 bits per heavy atom. The summed E-state index contributed by atoms with van der Waals surface area (Å²) < 4.78 is 0. The van der Waals surface area contributed by atoms with Crippen molar-refractivity contribution in [1.82, 2.24) is 10.3 Å². The van der Waals surface area contributed by atoms with Crippen molar-refractivity contribution in [2.75, 3.05) is 18.9 Å². The van der Waals surface area contributed by atoms with Crippen LogP contribution in [0.1, 0.15) is 61.5 Å². The van der Waals surface area contributed by atoms with Crippen LogP contribution in [-0.4, -0.2) is 24.5 Å². The zero-order chi connectivity index (χ0) is 14.5. The second kappa shape index (κ2) is 6.73. The van der Waals surface area contributed by atoms with Gasteiger partial charge in [-0.1, -0.05) is 26.7 Å². The first-order chi connectivity index (χ1) is 9.60. The number of carbonyl (C=O) groups excluding carboxylic acids is 1. The summed E-state index contributed by atoms with van der Waals surface area (Å²) in [6.45, 7) is 4.93. The molecule has 1 aromatic rings. The maximum atomic E-state index is 12.2. The van der Waals surface area contributed by atoms with Crippen molar-refractivity contribution in [3.63, 3.8) is 0 Å². The largest absolute Gasteiger partial charge is 0.373 e. The summed E-state index contributed by atoms with van der Waals surface area (Å²) in [7, 11) is 1.82. The van der Waals surface area contributed by atoms with Crippen LogP contribution in [0.4, 0.5) is 5.82 Å². The summed E-state index contributed by atoms with van der Waals surface area (Å²) in [5, 5.41) is 6.02. The van der Waals surface area contributed by atoms with E-state index in [9.17, 15) is 4.79 Å². The van der Waals surface area contributed by atoms with Gasteiger partial charge in [0.1, 0.15) is 5.82 Å². The van der Waals surface area contributed by atoms with Crippen LogP contribution in [0.2, 0.25) is 0 Å². The Labute approximate surface area is 121 Å². The number of amides is 1. The number of aromatic nitrogens is 1. The Bertz CT molecular complexity index is 467. The van der Waals surface area contributed by atoms with Gasteiger partial charge in [-0.3, -0.25) is 4.79 Å². The van der Waals surface area contributed by atoms with E-state index in [1.165, 1.54) is 19.3 Å². The topological polar surface area (TPSA) is 54.0 Å². The lowest BCUT2D eigenvalue weighted by Gasteiger charge is -2.11. The molecule has 1 heterocycles. The standard InChI is InChI=1S/C16H25N3O/c1-11(2)14-9-13(10-15(17-3)19-14)16(20)18-8-4-5-12-6-7-12/h9-12H,4-8H2,1-3H3,(H,17,19)(H,18,20). The van der Waals surface area contributed by atoms with Crippen molar-refractivity contribution in [2.45, 2.75) is 45.4 Å². The Hall–Kier alpha value is -1.58. The van der Waals surface area contributed by atoms with Crippen LogP contribution in [0, 0.1) is 5.92 Å². The molecule has 2 rings (SSSR count). The highest BCUT2D eigenvalue weighted by Crippen LogP contribution is 2.33. The van der Waals surface area contributed by atoms with E-state index in [4.69, 9.17) is 0 Å². The molecule has 0 atom stereocenters. The van der Waals surface area contributed by atoms with Crippen LogP contribution in [0.15, 0.2) is 12.1 Å². The van der Waals surface area contributed by atoms with E-state index in [2.05, 4.69) is 29.5 Å². The van der Waals surface area contributed by atoms with Crippen molar-refractivity contribution in [3.05, 3.63) is 23.4 Å². The molecule has 2 N–H and O–H groups in total. The van der Waals surface area contributed by atoms with E-state index >= 15 is 0 Å². The van der Waals surface area contributed by atoms with E-state index in [1.807, 2.05) is 19.2 Å². The molecule has 0 spiro atoms. The molecule has 1 fully saturated rings. The minimum Gasteiger partial charge on any atom is -0.373 e. The van der Waals surface area contributed by atoms with Crippen LogP contribution in [0.25, 0.3) is 0 Å². The quantitative estimate of drug-likeness (QED) is 0.752. The third-order valence-electron chi connectivity index (χ3n) is 3.73. The van der Waals surface area contributed by atoms with Crippen LogP contribution >= 0.6 is 0 Å². The number of pyridine rings is 1. The normalized spacial score (nSPS) is 14.4. The highest BCUT2D eigenvalue weighted by atomic mass is 16.1. The van der Waals surface area contributed by atoms with Gasteiger partial charge in [0.25, 0.3) is 5.91 Å².